The van der Waals surface area contributed by atoms with Crippen LogP contribution < -0.4 is 15.8 Å². The van der Waals surface area contributed by atoms with Gasteiger partial charge in [-0.25, -0.2) is 0 Å². The second-order valence-corrected chi connectivity index (χ2v) is 4.62. The normalized spacial score (nSPS) is 10.1. The summed E-state index contributed by atoms with van der Waals surface area (Å²) in [6, 6.07) is 15.8. The molecule has 0 fully saturated rings. The van der Waals surface area contributed by atoms with E-state index < -0.39 is 5.91 Å². The first-order chi connectivity index (χ1) is 9.63. The summed E-state index contributed by atoms with van der Waals surface area (Å²) in [6.07, 6.45) is 0. The lowest BCUT2D eigenvalue weighted by Crippen LogP contribution is -2.19. The van der Waals surface area contributed by atoms with E-state index in [0.717, 1.165) is 17.8 Å². The van der Waals surface area contributed by atoms with E-state index in [0.29, 0.717) is 5.75 Å². The van der Waals surface area contributed by atoms with Gasteiger partial charge in [-0.3, -0.25) is 4.79 Å². The van der Waals surface area contributed by atoms with E-state index in [2.05, 4.69) is 24.4 Å². The summed E-state index contributed by atoms with van der Waals surface area (Å²) in [6.45, 7) is 2.70. The zero-order valence-corrected chi connectivity index (χ0v) is 11.4. The van der Waals surface area contributed by atoms with Crippen LogP contribution in [0.25, 0.3) is 0 Å². The Hall–Kier alpha value is -2.49. The summed E-state index contributed by atoms with van der Waals surface area (Å²) in [5.74, 6) is 0.165. The highest BCUT2D eigenvalue weighted by Gasteiger charge is 1.99. The molecule has 0 heterocycles. The first-order valence-corrected chi connectivity index (χ1v) is 6.44. The van der Waals surface area contributed by atoms with Gasteiger partial charge in [-0.05, 0) is 42.3 Å². The van der Waals surface area contributed by atoms with Crippen molar-refractivity contribution in [3.8, 4) is 5.75 Å². The van der Waals surface area contributed by atoms with Gasteiger partial charge in [0.1, 0.15) is 5.75 Å². The molecular weight excluding hydrogens is 252 g/mol. The smallest absolute Gasteiger partial charge is 0.255 e. The van der Waals surface area contributed by atoms with Crippen molar-refractivity contribution in [1.29, 1.82) is 0 Å². The Bertz CT molecular complexity index is 579. The maximum atomic E-state index is 10.6. The number of rotatable bonds is 6. The molecule has 0 unspecified atom stereocenters. The highest BCUT2D eigenvalue weighted by molar-refractivity contribution is 5.75. The minimum absolute atomic E-state index is 0.0963. The molecule has 0 atom stereocenters. The molecule has 3 N–H and O–H groups in total. The van der Waals surface area contributed by atoms with Gasteiger partial charge in [0.15, 0.2) is 6.61 Å². The van der Waals surface area contributed by atoms with Gasteiger partial charge >= 0.3 is 0 Å². The number of amides is 1. The van der Waals surface area contributed by atoms with Crippen molar-refractivity contribution in [2.24, 2.45) is 5.73 Å². The van der Waals surface area contributed by atoms with Crippen molar-refractivity contribution in [2.45, 2.75) is 13.5 Å². The van der Waals surface area contributed by atoms with Crippen molar-refractivity contribution in [3.05, 3.63) is 59.7 Å². The zero-order chi connectivity index (χ0) is 14.4. The summed E-state index contributed by atoms with van der Waals surface area (Å²) in [5.41, 5.74) is 8.48. The first-order valence-electron chi connectivity index (χ1n) is 6.44. The van der Waals surface area contributed by atoms with Gasteiger partial charge in [-0.15, -0.1) is 0 Å². The lowest BCUT2D eigenvalue weighted by Gasteiger charge is -2.08. The van der Waals surface area contributed by atoms with Crippen LogP contribution in [0.5, 0.6) is 5.75 Å². The number of hydrogen-bond acceptors (Lipinski definition) is 3. The third kappa shape index (κ3) is 4.31. The third-order valence-electron chi connectivity index (χ3n) is 2.82. The molecule has 0 aliphatic heterocycles. The number of ether oxygens (including phenoxy) is 1. The Labute approximate surface area is 118 Å². The number of primary amides is 1. The number of carbonyl (C=O) groups is 1. The summed E-state index contributed by atoms with van der Waals surface area (Å²) in [5, 5.41) is 3.36. The molecule has 0 bridgehead atoms. The number of aryl methyl sites for hydroxylation is 1. The van der Waals surface area contributed by atoms with Crippen LogP contribution in [0.15, 0.2) is 48.5 Å². The summed E-state index contributed by atoms with van der Waals surface area (Å²) < 4.78 is 5.21. The first kappa shape index (κ1) is 13.9. The number of carbonyl (C=O) groups excluding carboxylic acids is 1. The Balaban J connectivity index is 1.89. The van der Waals surface area contributed by atoms with Crippen molar-refractivity contribution in [3.63, 3.8) is 0 Å². The second kappa shape index (κ2) is 6.61. The summed E-state index contributed by atoms with van der Waals surface area (Å²) in [7, 11) is 0. The Morgan fingerprint density at radius 2 is 1.95 bits per heavy atom. The molecule has 0 aliphatic carbocycles. The number of benzene rings is 2. The summed E-state index contributed by atoms with van der Waals surface area (Å²) >= 11 is 0. The molecule has 0 aliphatic rings. The van der Waals surface area contributed by atoms with E-state index in [9.17, 15) is 4.79 Å². The Kier molecular flexibility index (Phi) is 4.60. The fourth-order valence-corrected chi connectivity index (χ4v) is 1.82. The molecule has 104 valence electrons. The molecular formula is C16H18N2O2. The Morgan fingerprint density at radius 1 is 1.20 bits per heavy atom. The van der Waals surface area contributed by atoms with E-state index >= 15 is 0 Å². The van der Waals surface area contributed by atoms with Crippen LogP contribution in [0.3, 0.4) is 0 Å². The van der Waals surface area contributed by atoms with Gasteiger partial charge in [0.25, 0.3) is 5.91 Å². The van der Waals surface area contributed by atoms with Crippen molar-refractivity contribution in [2.75, 3.05) is 11.9 Å². The summed E-state index contributed by atoms with van der Waals surface area (Å²) in [4.78, 5) is 10.6. The fraction of sp³-hybridized carbons (Fsp3) is 0.188. The second-order valence-electron chi connectivity index (χ2n) is 4.62. The molecule has 0 radical (unpaired) electrons. The van der Waals surface area contributed by atoms with E-state index in [-0.39, 0.29) is 6.61 Å². The number of hydrogen-bond donors (Lipinski definition) is 2. The average molecular weight is 270 g/mol. The largest absolute Gasteiger partial charge is 0.484 e. The van der Waals surface area contributed by atoms with Gasteiger partial charge < -0.3 is 15.8 Å². The molecule has 2 aromatic rings. The maximum Gasteiger partial charge on any atom is 0.255 e. The molecule has 4 nitrogen and oxygen atoms in total. The fourth-order valence-electron chi connectivity index (χ4n) is 1.82. The molecule has 2 aromatic carbocycles. The highest BCUT2D eigenvalue weighted by atomic mass is 16.5. The third-order valence-corrected chi connectivity index (χ3v) is 2.82. The molecule has 4 heteroatoms. The van der Waals surface area contributed by atoms with Crippen LogP contribution in [0, 0.1) is 6.92 Å². The van der Waals surface area contributed by atoms with Crippen LogP contribution in [0.2, 0.25) is 0 Å². The van der Waals surface area contributed by atoms with Gasteiger partial charge in [0.05, 0.1) is 0 Å². The topological polar surface area (TPSA) is 64.3 Å². The SMILES string of the molecule is Cc1cccc(NCc2ccc(OCC(N)=O)cc2)c1. The van der Waals surface area contributed by atoms with Crippen LogP contribution in [-0.2, 0) is 11.3 Å². The number of nitrogens with one attached hydrogen (secondary N) is 1. The lowest BCUT2D eigenvalue weighted by molar-refractivity contribution is -0.119. The van der Waals surface area contributed by atoms with Crippen molar-refractivity contribution < 1.29 is 9.53 Å². The number of nitrogens with two attached hydrogens (primary N) is 1. The van der Waals surface area contributed by atoms with E-state index in [4.69, 9.17) is 10.5 Å². The molecule has 1 amide bonds. The standard InChI is InChI=1S/C16H18N2O2/c1-12-3-2-4-14(9-12)18-10-13-5-7-15(8-6-13)20-11-16(17)19/h2-9,18H,10-11H2,1H3,(H2,17,19). The van der Waals surface area contributed by atoms with E-state index in [1.165, 1.54) is 5.56 Å². The monoisotopic (exact) mass is 270 g/mol. The molecule has 0 saturated heterocycles. The average Bonchev–Trinajstić information content (AvgIpc) is 2.44. The predicted octanol–water partition coefficient (Wildman–Crippen LogP) is 2.47. The van der Waals surface area contributed by atoms with Crippen LogP contribution in [-0.4, -0.2) is 12.5 Å². The minimum atomic E-state index is -0.477. The molecule has 2 rings (SSSR count). The lowest BCUT2D eigenvalue weighted by atomic mass is 10.2. The minimum Gasteiger partial charge on any atom is -0.484 e. The van der Waals surface area contributed by atoms with Crippen molar-refractivity contribution >= 4 is 11.6 Å². The molecule has 0 spiro atoms. The van der Waals surface area contributed by atoms with Gasteiger partial charge in [-0.2, -0.15) is 0 Å². The van der Waals surface area contributed by atoms with E-state index in [1.54, 1.807) is 0 Å². The van der Waals surface area contributed by atoms with Gasteiger partial charge in [0, 0.05) is 12.2 Å². The van der Waals surface area contributed by atoms with Gasteiger partial charge in [0.2, 0.25) is 0 Å². The maximum absolute atomic E-state index is 10.6. The zero-order valence-electron chi connectivity index (χ0n) is 11.4. The highest BCUT2D eigenvalue weighted by Crippen LogP contribution is 2.14. The van der Waals surface area contributed by atoms with Gasteiger partial charge in [-0.1, -0.05) is 24.3 Å². The van der Waals surface area contributed by atoms with Crippen LogP contribution >= 0.6 is 0 Å². The number of anilines is 1. The van der Waals surface area contributed by atoms with E-state index in [1.807, 2.05) is 36.4 Å². The van der Waals surface area contributed by atoms with Crippen molar-refractivity contribution in [1.82, 2.24) is 0 Å². The predicted molar refractivity (Wildman–Crippen MR) is 79.6 cm³/mol. The molecule has 0 saturated carbocycles. The Morgan fingerprint density at radius 3 is 2.60 bits per heavy atom. The quantitative estimate of drug-likeness (QED) is 0.847. The molecule has 20 heavy (non-hydrogen) atoms. The van der Waals surface area contributed by atoms with Crippen LogP contribution in [0.1, 0.15) is 11.1 Å². The molecule has 0 aromatic heterocycles. The van der Waals surface area contributed by atoms with Crippen LogP contribution in [0.4, 0.5) is 5.69 Å².